The van der Waals surface area contributed by atoms with Crippen molar-refractivity contribution in [3.63, 3.8) is 0 Å². The van der Waals surface area contributed by atoms with E-state index in [0.29, 0.717) is 42.2 Å². The lowest BCUT2D eigenvalue weighted by Crippen LogP contribution is -2.36. The zero-order chi connectivity index (χ0) is 25.6. The molecule has 1 amide bonds. The summed E-state index contributed by atoms with van der Waals surface area (Å²) in [5.74, 6) is 1.84. The predicted octanol–water partition coefficient (Wildman–Crippen LogP) is 4.99. The van der Waals surface area contributed by atoms with Gasteiger partial charge in [-0.3, -0.25) is 5.10 Å². The van der Waals surface area contributed by atoms with Crippen LogP contribution in [0.4, 0.5) is 16.3 Å². The first-order valence-electron chi connectivity index (χ1n) is 12.8. The largest absolute Gasteiger partial charge is 0.472 e. The van der Waals surface area contributed by atoms with Crippen LogP contribution in [0, 0.1) is 5.92 Å². The van der Waals surface area contributed by atoms with Crippen LogP contribution in [0.1, 0.15) is 45.7 Å². The van der Waals surface area contributed by atoms with Crippen LogP contribution in [0.15, 0.2) is 36.7 Å². The Labute approximate surface area is 214 Å². The fourth-order valence-corrected chi connectivity index (χ4v) is 4.61. The average molecular weight is 502 g/mol. The maximum atomic E-state index is 12.4. The highest BCUT2D eigenvalue weighted by Crippen LogP contribution is 2.35. The third-order valence-electron chi connectivity index (χ3n) is 6.63. The first kappa shape index (κ1) is 23.4. The van der Waals surface area contributed by atoms with E-state index in [2.05, 4.69) is 31.5 Å². The Bertz CT molecular complexity index is 1460. The van der Waals surface area contributed by atoms with Crippen LogP contribution in [0.2, 0.25) is 0 Å². The summed E-state index contributed by atoms with van der Waals surface area (Å²) in [5, 5.41) is 12.2. The molecule has 6 rings (SSSR count). The summed E-state index contributed by atoms with van der Waals surface area (Å²) in [5.41, 5.74) is 3.85. The molecule has 1 aromatic carbocycles. The lowest BCUT2D eigenvalue weighted by atomic mass is 10.1. The smallest absolute Gasteiger partial charge is 0.410 e. The molecule has 1 aliphatic heterocycles. The highest BCUT2D eigenvalue weighted by atomic mass is 16.6. The third-order valence-corrected chi connectivity index (χ3v) is 6.63. The number of benzene rings is 1. The molecule has 10 heteroatoms. The number of carbonyl (C=O) groups excluding carboxylic acids is 1. The molecule has 0 bridgehead atoms. The fraction of sp³-hybridized carbons (Fsp3) is 0.444. The first-order valence-corrected chi connectivity index (χ1v) is 12.8. The van der Waals surface area contributed by atoms with E-state index < -0.39 is 5.60 Å². The summed E-state index contributed by atoms with van der Waals surface area (Å²) in [6.07, 6.45) is 5.38. The van der Waals surface area contributed by atoms with Crippen molar-refractivity contribution in [1.29, 1.82) is 0 Å². The molecule has 0 spiro atoms. The first-order chi connectivity index (χ1) is 17.8. The molecule has 2 N–H and O–H groups in total. The number of nitrogens with zero attached hydrogens (tertiary/aromatic N) is 5. The summed E-state index contributed by atoms with van der Waals surface area (Å²) in [4.78, 5) is 27.6. The monoisotopic (exact) mass is 501 g/mol. The molecule has 0 radical (unpaired) electrons. The van der Waals surface area contributed by atoms with Gasteiger partial charge in [0.15, 0.2) is 5.82 Å². The van der Waals surface area contributed by atoms with Crippen LogP contribution in [0.25, 0.3) is 21.9 Å². The number of aromatic amines is 1. The number of fused-ring (bicyclic) bond motifs is 2. The molecule has 4 heterocycles. The van der Waals surface area contributed by atoms with Gasteiger partial charge in [0.05, 0.1) is 17.6 Å². The molecular weight excluding hydrogens is 470 g/mol. The number of anilines is 2. The van der Waals surface area contributed by atoms with Gasteiger partial charge in [-0.05, 0) is 70.2 Å². The van der Waals surface area contributed by atoms with E-state index in [1.54, 1.807) is 11.0 Å². The van der Waals surface area contributed by atoms with E-state index in [-0.39, 0.29) is 12.2 Å². The lowest BCUT2D eigenvalue weighted by Gasteiger charge is -2.24. The molecular formula is C27H31N7O3. The molecule has 1 saturated carbocycles. The summed E-state index contributed by atoms with van der Waals surface area (Å²) >= 11 is 0. The number of likely N-dealkylation sites (tertiary alicyclic amines) is 1. The van der Waals surface area contributed by atoms with Gasteiger partial charge in [-0.25, -0.2) is 19.7 Å². The Morgan fingerprint density at radius 3 is 2.78 bits per heavy atom. The van der Waals surface area contributed by atoms with Crippen molar-refractivity contribution in [1.82, 2.24) is 30.0 Å². The Morgan fingerprint density at radius 1 is 1.14 bits per heavy atom. The van der Waals surface area contributed by atoms with Crippen LogP contribution in [-0.4, -0.2) is 60.9 Å². The summed E-state index contributed by atoms with van der Waals surface area (Å²) in [7, 11) is 0. The summed E-state index contributed by atoms with van der Waals surface area (Å²) in [6, 6.07) is 9.78. The molecule has 1 aliphatic carbocycles. The fourth-order valence-electron chi connectivity index (χ4n) is 4.61. The average Bonchev–Trinajstić information content (AvgIpc) is 3.40. The van der Waals surface area contributed by atoms with Crippen LogP contribution < -0.4 is 10.1 Å². The van der Waals surface area contributed by atoms with Gasteiger partial charge in [0.2, 0.25) is 5.88 Å². The number of carbonyl (C=O) groups is 1. The van der Waals surface area contributed by atoms with Crippen LogP contribution in [-0.2, 0) is 11.2 Å². The van der Waals surface area contributed by atoms with E-state index >= 15 is 0 Å². The Morgan fingerprint density at radius 2 is 1.97 bits per heavy atom. The maximum Gasteiger partial charge on any atom is 0.410 e. The van der Waals surface area contributed by atoms with Crippen molar-refractivity contribution >= 4 is 39.5 Å². The van der Waals surface area contributed by atoms with E-state index in [4.69, 9.17) is 14.5 Å². The zero-order valence-corrected chi connectivity index (χ0v) is 21.3. The number of rotatable bonds is 6. The van der Waals surface area contributed by atoms with Crippen molar-refractivity contribution in [2.24, 2.45) is 5.92 Å². The minimum absolute atomic E-state index is 0.160. The molecule has 2 aliphatic rings. The number of hydrogen-bond acceptors (Lipinski definition) is 8. The van der Waals surface area contributed by atoms with Crippen molar-refractivity contribution in [3.8, 4) is 5.88 Å². The molecule has 3 aromatic heterocycles. The standard InChI is InChI=1S/C27H31N7O3/c1-27(2,3)37-26(35)34-11-10-18(14-34)36-23-9-8-21-24(31-23)25(29-15-28-21)30-17-6-7-20-19(13-17)22(33-32-20)12-16-4-5-16/h6-9,13,15-16,18H,4-5,10-12,14H2,1-3H3,(H,32,33)(H,28,29,30)/t18-/m0/s1. The van der Waals surface area contributed by atoms with Gasteiger partial charge in [0.1, 0.15) is 23.5 Å². The highest BCUT2D eigenvalue weighted by molar-refractivity contribution is 5.90. The molecule has 1 atom stereocenters. The number of nitrogens with one attached hydrogen (secondary N) is 2. The number of ether oxygens (including phenoxy) is 2. The molecule has 10 nitrogen and oxygen atoms in total. The summed E-state index contributed by atoms with van der Waals surface area (Å²) in [6.45, 7) is 6.63. The van der Waals surface area contributed by atoms with E-state index in [0.717, 1.165) is 28.9 Å². The molecule has 37 heavy (non-hydrogen) atoms. The van der Waals surface area contributed by atoms with Gasteiger partial charge >= 0.3 is 6.09 Å². The van der Waals surface area contributed by atoms with Gasteiger partial charge in [-0.2, -0.15) is 5.10 Å². The minimum Gasteiger partial charge on any atom is -0.472 e. The molecule has 1 saturated heterocycles. The van der Waals surface area contributed by atoms with Crippen molar-refractivity contribution < 1.29 is 14.3 Å². The number of amides is 1. The highest BCUT2D eigenvalue weighted by Gasteiger charge is 2.31. The molecule has 192 valence electrons. The quantitative estimate of drug-likeness (QED) is 0.380. The van der Waals surface area contributed by atoms with Gasteiger partial charge in [-0.15, -0.1) is 0 Å². The zero-order valence-electron chi connectivity index (χ0n) is 21.3. The number of H-pyrrole nitrogens is 1. The van der Waals surface area contributed by atoms with Crippen molar-refractivity contribution in [3.05, 3.63) is 42.4 Å². The molecule has 0 unspecified atom stereocenters. The maximum absolute atomic E-state index is 12.4. The molecule has 4 aromatic rings. The van der Waals surface area contributed by atoms with Crippen LogP contribution in [0.5, 0.6) is 5.88 Å². The normalized spacial score (nSPS) is 17.9. The Hall–Kier alpha value is -3.95. The predicted molar refractivity (Wildman–Crippen MR) is 140 cm³/mol. The summed E-state index contributed by atoms with van der Waals surface area (Å²) < 4.78 is 11.6. The Kier molecular flexibility index (Phi) is 5.81. The SMILES string of the molecule is CC(C)(C)OC(=O)N1CC[C@H](Oc2ccc3ncnc(Nc4ccc5n[nH]c(CC6CC6)c5c4)c3n2)C1. The van der Waals surface area contributed by atoms with Crippen LogP contribution >= 0.6 is 0 Å². The Balaban J connectivity index is 1.19. The number of pyridine rings is 1. The van der Waals surface area contributed by atoms with E-state index in [1.807, 2.05) is 39.0 Å². The van der Waals surface area contributed by atoms with Gasteiger partial charge in [-0.1, -0.05) is 0 Å². The van der Waals surface area contributed by atoms with Crippen molar-refractivity contribution in [2.45, 2.75) is 58.2 Å². The van der Waals surface area contributed by atoms with E-state index in [1.165, 1.54) is 24.9 Å². The number of aromatic nitrogens is 5. The molecule has 2 fully saturated rings. The minimum atomic E-state index is -0.528. The van der Waals surface area contributed by atoms with Crippen molar-refractivity contribution in [2.75, 3.05) is 18.4 Å². The second-order valence-electron chi connectivity index (χ2n) is 10.9. The van der Waals surface area contributed by atoms with Crippen LogP contribution in [0.3, 0.4) is 0 Å². The number of hydrogen-bond donors (Lipinski definition) is 2. The second kappa shape index (κ2) is 9.17. The van der Waals surface area contributed by atoms with Gasteiger partial charge in [0.25, 0.3) is 0 Å². The van der Waals surface area contributed by atoms with E-state index in [9.17, 15) is 4.79 Å². The topological polar surface area (TPSA) is 118 Å². The van der Waals surface area contributed by atoms with Gasteiger partial charge < -0.3 is 19.7 Å². The lowest BCUT2D eigenvalue weighted by molar-refractivity contribution is 0.0275. The third kappa shape index (κ3) is 5.28. The second-order valence-corrected chi connectivity index (χ2v) is 10.9. The van der Waals surface area contributed by atoms with Gasteiger partial charge in [0, 0.05) is 35.8 Å².